The fourth-order valence-corrected chi connectivity index (χ4v) is 3.93. The average Bonchev–Trinajstić information content (AvgIpc) is 2.62. The van der Waals surface area contributed by atoms with Gasteiger partial charge < -0.3 is 19.7 Å². The highest BCUT2D eigenvalue weighted by Crippen LogP contribution is 2.32. The molecule has 1 aromatic carbocycles. The van der Waals surface area contributed by atoms with Crippen LogP contribution in [0, 0.1) is 5.92 Å². The molecule has 1 amide bonds. The SMILES string of the molecule is CNCC1CCCN(C(=O)CCSc2ccc(OC)c(OC)c2)C1. The number of nitrogens with zero attached hydrogens (tertiary/aromatic N) is 1. The standard InChI is InChI=1S/C18H28N2O3S/c1-19-12-14-5-4-9-20(13-14)18(21)8-10-24-15-6-7-16(22-2)17(11-15)23-3/h6-7,11,14,19H,4-5,8-10,12-13H2,1-3H3. The van der Waals surface area contributed by atoms with Crippen molar-refractivity contribution in [2.24, 2.45) is 5.92 Å². The molecule has 2 rings (SSSR count). The van der Waals surface area contributed by atoms with Crippen LogP contribution in [-0.2, 0) is 4.79 Å². The first-order valence-corrected chi connectivity index (χ1v) is 9.43. The van der Waals surface area contributed by atoms with Crippen LogP contribution in [0.1, 0.15) is 19.3 Å². The molecule has 134 valence electrons. The van der Waals surface area contributed by atoms with E-state index in [-0.39, 0.29) is 5.91 Å². The summed E-state index contributed by atoms with van der Waals surface area (Å²) in [6, 6.07) is 5.86. The number of ether oxygens (including phenoxy) is 2. The molecule has 0 aliphatic carbocycles. The van der Waals surface area contributed by atoms with Gasteiger partial charge in [0.1, 0.15) is 0 Å². The van der Waals surface area contributed by atoms with E-state index in [9.17, 15) is 4.79 Å². The number of piperidine rings is 1. The molecule has 6 heteroatoms. The van der Waals surface area contributed by atoms with Gasteiger partial charge in [-0.25, -0.2) is 0 Å². The third-order valence-electron chi connectivity index (χ3n) is 4.30. The minimum atomic E-state index is 0.267. The Morgan fingerprint density at radius 2 is 2.12 bits per heavy atom. The van der Waals surface area contributed by atoms with E-state index in [0.717, 1.165) is 48.2 Å². The molecule has 24 heavy (non-hydrogen) atoms. The van der Waals surface area contributed by atoms with E-state index in [1.807, 2.05) is 30.1 Å². The van der Waals surface area contributed by atoms with E-state index in [2.05, 4.69) is 5.32 Å². The number of carbonyl (C=O) groups excluding carboxylic acids is 1. The fraction of sp³-hybridized carbons (Fsp3) is 0.611. The molecule has 1 N–H and O–H groups in total. The summed E-state index contributed by atoms with van der Waals surface area (Å²) in [6.45, 7) is 2.78. The Morgan fingerprint density at radius 3 is 2.83 bits per heavy atom. The monoisotopic (exact) mass is 352 g/mol. The summed E-state index contributed by atoms with van der Waals surface area (Å²) in [4.78, 5) is 15.5. The number of hydrogen-bond acceptors (Lipinski definition) is 5. The molecule has 0 spiro atoms. The predicted octanol–water partition coefficient (Wildman–Crippen LogP) is 2.64. The molecule has 1 atom stereocenters. The van der Waals surface area contributed by atoms with Gasteiger partial charge in [0.15, 0.2) is 11.5 Å². The third-order valence-corrected chi connectivity index (χ3v) is 5.30. The second-order valence-corrected chi connectivity index (χ2v) is 7.19. The second kappa shape index (κ2) is 9.79. The highest BCUT2D eigenvalue weighted by atomic mass is 32.2. The second-order valence-electron chi connectivity index (χ2n) is 6.02. The van der Waals surface area contributed by atoms with Crippen LogP contribution >= 0.6 is 11.8 Å². The first-order chi connectivity index (χ1) is 11.7. The van der Waals surface area contributed by atoms with Gasteiger partial charge in [0.2, 0.25) is 5.91 Å². The zero-order valence-corrected chi connectivity index (χ0v) is 15.7. The van der Waals surface area contributed by atoms with E-state index in [1.54, 1.807) is 26.0 Å². The molecule has 0 bridgehead atoms. The lowest BCUT2D eigenvalue weighted by Gasteiger charge is -2.32. The summed E-state index contributed by atoms with van der Waals surface area (Å²) in [5.41, 5.74) is 0. The van der Waals surface area contributed by atoms with Gasteiger partial charge >= 0.3 is 0 Å². The average molecular weight is 353 g/mol. The number of likely N-dealkylation sites (tertiary alicyclic amines) is 1. The summed E-state index contributed by atoms with van der Waals surface area (Å²) in [6.07, 6.45) is 2.90. The maximum atomic E-state index is 12.4. The van der Waals surface area contributed by atoms with Crippen molar-refractivity contribution in [3.63, 3.8) is 0 Å². The number of nitrogens with one attached hydrogen (secondary N) is 1. The van der Waals surface area contributed by atoms with Crippen LogP contribution in [0.25, 0.3) is 0 Å². The summed E-state index contributed by atoms with van der Waals surface area (Å²) in [5.74, 6) is 3.08. The first kappa shape index (κ1) is 18.9. The molecule has 5 nitrogen and oxygen atoms in total. The van der Waals surface area contributed by atoms with Gasteiger partial charge in [-0.2, -0.15) is 0 Å². The van der Waals surface area contributed by atoms with E-state index in [1.165, 1.54) is 6.42 Å². The lowest BCUT2D eigenvalue weighted by atomic mass is 9.98. The number of amides is 1. The summed E-state index contributed by atoms with van der Waals surface area (Å²) in [7, 11) is 5.23. The third kappa shape index (κ3) is 5.31. The van der Waals surface area contributed by atoms with Gasteiger partial charge in [-0.15, -0.1) is 11.8 Å². The van der Waals surface area contributed by atoms with Crippen LogP contribution < -0.4 is 14.8 Å². The molecular weight excluding hydrogens is 324 g/mol. The van der Waals surface area contributed by atoms with Crippen LogP contribution in [0.15, 0.2) is 23.1 Å². The van der Waals surface area contributed by atoms with E-state index < -0.39 is 0 Å². The fourth-order valence-electron chi connectivity index (χ4n) is 3.07. The van der Waals surface area contributed by atoms with Crippen LogP contribution in [0.5, 0.6) is 11.5 Å². The van der Waals surface area contributed by atoms with Gasteiger partial charge in [-0.1, -0.05) is 0 Å². The Labute approximate surface area is 149 Å². The lowest BCUT2D eigenvalue weighted by molar-refractivity contribution is -0.132. The number of methoxy groups -OCH3 is 2. The molecule has 1 aliphatic heterocycles. The first-order valence-electron chi connectivity index (χ1n) is 8.45. The van der Waals surface area contributed by atoms with E-state index in [4.69, 9.17) is 9.47 Å². The number of benzene rings is 1. The van der Waals surface area contributed by atoms with Crippen LogP contribution in [0.2, 0.25) is 0 Å². The Morgan fingerprint density at radius 1 is 1.33 bits per heavy atom. The smallest absolute Gasteiger partial charge is 0.223 e. The van der Waals surface area contributed by atoms with Crippen molar-refractivity contribution >= 4 is 17.7 Å². The van der Waals surface area contributed by atoms with E-state index in [0.29, 0.717) is 12.3 Å². The highest BCUT2D eigenvalue weighted by molar-refractivity contribution is 7.99. The van der Waals surface area contributed by atoms with Gasteiger partial charge in [0, 0.05) is 30.2 Å². The highest BCUT2D eigenvalue weighted by Gasteiger charge is 2.22. The topological polar surface area (TPSA) is 50.8 Å². The molecule has 0 radical (unpaired) electrons. The predicted molar refractivity (Wildman–Crippen MR) is 98.1 cm³/mol. The van der Waals surface area contributed by atoms with Crippen molar-refractivity contribution in [1.82, 2.24) is 10.2 Å². The van der Waals surface area contributed by atoms with Gasteiger partial charge in [-0.05, 0) is 50.6 Å². The molecule has 1 saturated heterocycles. The number of hydrogen-bond donors (Lipinski definition) is 1. The van der Waals surface area contributed by atoms with E-state index >= 15 is 0 Å². The number of rotatable bonds is 8. The Bertz CT molecular complexity index is 537. The molecular formula is C18H28N2O3S. The van der Waals surface area contributed by atoms with Crippen molar-refractivity contribution in [1.29, 1.82) is 0 Å². The summed E-state index contributed by atoms with van der Waals surface area (Å²) >= 11 is 1.68. The van der Waals surface area contributed by atoms with Crippen molar-refractivity contribution < 1.29 is 14.3 Å². The number of thioether (sulfide) groups is 1. The molecule has 1 unspecified atom stereocenters. The largest absolute Gasteiger partial charge is 0.493 e. The lowest BCUT2D eigenvalue weighted by Crippen LogP contribution is -2.42. The molecule has 1 aliphatic rings. The van der Waals surface area contributed by atoms with Crippen molar-refractivity contribution in [2.75, 3.05) is 46.7 Å². The van der Waals surface area contributed by atoms with Crippen molar-refractivity contribution in [3.8, 4) is 11.5 Å². The maximum Gasteiger partial charge on any atom is 0.223 e. The van der Waals surface area contributed by atoms with Gasteiger partial charge in [0.05, 0.1) is 14.2 Å². The maximum absolute atomic E-state index is 12.4. The number of carbonyl (C=O) groups is 1. The molecule has 1 aromatic rings. The van der Waals surface area contributed by atoms with Gasteiger partial charge in [0.25, 0.3) is 0 Å². The molecule has 1 heterocycles. The minimum Gasteiger partial charge on any atom is -0.493 e. The zero-order valence-electron chi connectivity index (χ0n) is 14.8. The van der Waals surface area contributed by atoms with Crippen LogP contribution in [-0.4, -0.2) is 57.5 Å². The molecule has 0 aromatic heterocycles. The van der Waals surface area contributed by atoms with Crippen LogP contribution in [0.4, 0.5) is 0 Å². The molecule has 0 saturated carbocycles. The van der Waals surface area contributed by atoms with Crippen LogP contribution in [0.3, 0.4) is 0 Å². The zero-order chi connectivity index (χ0) is 17.4. The Kier molecular flexibility index (Phi) is 7.72. The van der Waals surface area contributed by atoms with Crippen molar-refractivity contribution in [3.05, 3.63) is 18.2 Å². The Balaban J connectivity index is 1.80. The van der Waals surface area contributed by atoms with Crippen molar-refractivity contribution in [2.45, 2.75) is 24.2 Å². The summed E-state index contributed by atoms with van der Waals surface area (Å²) < 4.78 is 10.6. The normalized spacial score (nSPS) is 17.6. The van der Waals surface area contributed by atoms with Gasteiger partial charge in [-0.3, -0.25) is 4.79 Å². The quantitative estimate of drug-likeness (QED) is 0.729. The summed E-state index contributed by atoms with van der Waals surface area (Å²) in [5, 5.41) is 3.22. The minimum absolute atomic E-state index is 0.267. The molecule has 1 fully saturated rings. The Hall–Kier alpha value is -1.40.